The van der Waals surface area contributed by atoms with Crippen molar-refractivity contribution in [2.45, 2.75) is 6.42 Å². The van der Waals surface area contributed by atoms with Gasteiger partial charge in [0.05, 0.1) is 11.2 Å². The molecule has 128 valence electrons. The number of halogens is 1. The summed E-state index contributed by atoms with van der Waals surface area (Å²) >= 11 is 12.3. The Hall–Kier alpha value is -2.09. The monoisotopic (exact) mass is 392 g/mol. The molecular formula is C17H13ClN2O3S2. The zero-order valence-electron chi connectivity index (χ0n) is 12.9. The van der Waals surface area contributed by atoms with Crippen molar-refractivity contribution in [2.75, 3.05) is 11.9 Å². The molecule has 0 unspecified atom stereocenters. The Morgan fingerprint density at radius 1 is 1.36 bits per heavy atom. The third-order valence-corrected chi connectivity index (χ3v) is 4.97. The van der Waals surface area contributed by atoms with Crippen molar-refractivity contribution in [3.8, 4) is 0 Å². The molecule has 0 radical (unpaired) electrons. The van der Waals surface area contributed by atoms with Crippen LogP contribution >= 0.6 is 35.6 Å². The molecule has 0 atom stereocenters. The SMILES string of the molecule is O=C(CCN1C(=O)C(=Cc2ccco2)SC1=S)Nc1cccc(Cl)c1. The van der Waals surface area contributed by atoms with Gasteiger partial charge in [0.15, 0.2) is 0 Å². The van der Waals surface area contributed by atoms with E-state index >= 15 is 0 Å². The molecule has 0 spiro atoms. The molecule has 0 aliphatic carbocycles. The molecule has 2 aromatic rings. The lowest BCUT2D eigenvalue weighted by atomic mass is 10.3. The molecule has 3 rings (SSSR count). The molecule has 0 saturated carbocycles. The highest BCUT2D eigenvalue weighted by atomic mass is 35.5. The normalized spacial score (nSPS) is 15.9. The van der Waals surface area contributed by atoms with Crippen LogP contribution in [0.4, 0.5) is 5.69 Å². The molecule has 2 heterocycles. The number of thioether (sulfide) groups is 1. The van der Waals surface area contributed by atoms with Crippen LogP contribution in [0.25, 0.3) is 6.08 Å². The van der Waals surface area contributed by atoms with Gasteiger partial charge in [-0.15, -0.1) is 0 Å². The smallest absolute Gasteiger partial charge is 0.266 e. The van der Waals surface area contributed by atoms with Gasteiger partial charge in [-0.1, -0.05) is 41.6 Å². The van der Waals surface area contributed by atoms with Gasteiger partial charge in [0.25, 0.3) is 5.91 Å². The van der Waals surface area contributed by atoms with Crippen LogP contribution in [-0.2, 0) is 9.59 Å². The van der Waals surface area contributed by atoms with E-state index in [-0.39, 0.29) is 24.8 Å². The van der Waals surface area contributed by atoms with Crippen LogP contribution in [0.2, 0.25) is 5.02 Å². The van der Waals surface area contributed by atoms with Crippen LogP contribution in [-0.4, -0.2) is 27.6 Å². The van der Waals surface area contributed by atoms with Crippen molar-refractivity contribution >= 4 is 63.5 Å². The second kappa shape index (κ2) is 7.86. The van der Waals surface area contributed by atoms with Crippen LogP contribution in [0.3, 0.4) is 0 Å². The number of amides is 2. The fourth-order valence-corrected chi connectivity index (χ4v) is 3.68. The number of benzene rings is 1. The van der Waals surface area contributed by atoms with E-state index in [0.717, 1.165) is 0 Å². The Labute approximate surface area is 159 Å². The minimum Gasteiger partial charge on any atom is -0.465 e. The minimum atomic E-state index is -0.220. The Balaban J connectivity index is 1.58. The van der Waals surface area contributed by atoms with Crippen LogP contribution in [0, 0.1) is 0 Å². The van der Waals surface area contributed by atoms with E-state index < -0.39 is 0 Å². The topological polar surface area (TPSA) is 62.6 Å². The van der Waals surface area contributed by atoms with Gasteiger partial charge < -0.3 is 9.73 Å². The number of nitrogens with one attached hydrogen (secondary N) is 1. The average Bonchev–Trinajstić information content (AvgIpc) is 3.15. The number of thiocarbonyl (C=S) groups is 1. The molecule has 5 nitrogen and oxygen atoms in total. The number of carbonyl (C=O) groups is 2. The quantitative estimate of drug-likeness (QED) is 0.611. The average molecular weight is 393 g/mol. The molecule has 1 fully saturated rings. The zero-order chi connectivity index (χ0) is 17.8. The first-order valence-corrected chi connectivity index (χ1v) is 8.97. The summed E-state index contributed by atoms with van der Waals surface area (Å²) in [5.74, 6) is 0.146. The Kier molecular flexibility index (Phi) is 5.57. The lowest BCUT2D eigenvalue weighted by Gasteiger charge is -2.14. The molecule has 1 saturated heterocycles. The van der Waals surface area contributed by atoms with Gasteiger partial charge in [-0.05, 0) is 30.3 Å². The summed E-state index contributed by atoms with van der Waals surface area (Å²) in [5.41, 5.74) is 0.612. The fourth-order valence-electron chi connectivity index (χ4n) is 2.20. The van der Waals surface area contributed by atoms with E-state index in [1.165, 1.54) is 22.9 Å². The lowest BCUT2D eigenvalue weighted by molar-refractivity contribution is -0.122. The maximum Gasteiger partial charge on any atom is 0.266 e. The highest BCUT2D eigenvalue weighted by Gasteiger charge is 2.32. The molecule has 25 heavy (non-hydrogen) atoms. The van der Waals surface area contributed by atoms with Crippen LogP contribution in [0.5, 0.6) is 0 Å². The van der Waals surface area contributed by atoms with E-state index in [0.29, 0.717) is 25.7 Å². The van der Waals surface area contributed by atoms with E-state index in [1.54, 1.807) is 42.5 Å². The maximum atomic E-state index is 12.4. The maximum absolute atomic E-state index is 12.4. The second-order valence-corrected chi connectivity index (χ2v) is 7.27. The summed E-state index contributed by atoms with van der Waals surface area (Å²) in [7, 11) is 0. The summed E-state index contributed by atoms with van der Waals surface area (Å²) in [6.07, 6.45) is 3.31. The second-order valence-electron chi connectivity index (χ2n) is 5.16. The van der Waals surface area contributed by atoms with Crippen molar-refractivity contribution < 1.29 is 14.0 Å². The lowest BCUT2D eigenvalue weighted by Crippen LogP contribution is -2.31. The number of hydrogen-bond donors (Lipinski definition) is 1. The van der Waals surface area contributed by atoms with Gasteiger partial charge in [-0.3, -0.25) is 14.5 Å². The van der Waals surface area contributed by atoms with Crippen molar-refractivity contribution in [3.05, 3.63) is 58.3 Å². The van der Waals surface area contributed by atoms with Crippen molar-refractivity contribution in [1.29, 1.82) is 0 Å². The molecule has 1 aromatic carbocycles. The number of hydrogen-bond acceptors (Lipinski definition) is 5. The van der Waals surface area contributed by atoms with Gasteiger partial charge in [0.1, 0.15) is 10.1 Å². The van der Waals surface area contributed by atoms with Gasteiger partial charge in [-0.2, -0.15) is 0 Å². The highest BCUT2D eigenvalue weighted by Crippen LogP contribution is 2.32. The number of rotatable bonds is 5. The Morgan fingerprint density at radius 2 is 2.20 bits per heavy atom. The molecule has 1 aliphatic rings. The summed E-state index contributed by atoms with van der Waals surface area (Å²) in [6.45, 7) is 0.215. The van der Waals surface area contributed by atoms with Crippen LogP contribution < -0.4 is 5.32 Å². The summed E-state index contributed by atoms with van der Waals surface area (Å²) in [5, 5.41) is 3.28. The number of carbonyl (C=O) groups excluding carboxylic acids is 2. The molecule has 0 bridgehead atoms. The van der Waals surface area contributed by atoms with Crippen molar-refractivity contribution in [1.82, 2.24) is 4.90 Å². The molecule has 1 aliphatic heterocycles. The van der Waals surface area contributed by atoms with Crippen LogP contribution in [0.1, 0.15) is 12.2 Å². The number of nitrogens with zero attached hydrogens (tertiary/aromatic N) is 1. The summed E-state index contributed by atoms with van der Waals surface area (Å²) < 4.78 is 5.64. The highest BCUT2D eigenvalue weighted by molar-refractivity contribution is 8.26. The van der Waals surface area contributed by atoms with E-state index in [9.17, 15) is 9.59 Å². The Morgan fingerprint density at radius 3 is 2.92 bits per heavy atom. The largest absolute Gasteiger partial charge is 0.465 e. The van der Waals surface area contributed by atoms with Gasteiger partial charge >= 0.3 is 0 Å². The standard InChI is InChI=1S/C17H13ClN2O3S2/c18-11-3-1-4-12(9-11)19-15(21)6-7-20-16(22)14(25-17(20)24)10-13-5-2-8-23-13/h1-5,8-10H,6-7H2,(H,19,21). The fraction of sp³-hybridized carbons (Fsp3) is 0.118. The van der Waals surface area contributed by atoms with E-state index in [4.69, 9.17) is 28.2 Å². The third kappa shape index (κ3) is 4.50. The van der Waals surface area contributed by atoms with Crippen molar-refractivity contribution in [3.63, 3.8) is 0 Å². The summed E-state index contributed by atoms with van der Waals surface area (Å²) in [6, 6.07) is 10.4. The van der Waals surface area contributed by atoms with E-state index in [2.05, 4.69) is 5.32 Å². The summed E-state index contributed by atoms with van der Waals surface area (Å²) in [4.78, 5) is 26.4. The molecular weight excluding hydrogens is 380 g/mol. The third-order valence-electron chi connectivity index (χ3n) is 3.36. The first kappa shape index (κ1) is 17.7. The first-order valence-electron chi connectivity index (χ1n) is 7.37. The van der Waals surface area contributed by atoms with Gasteiger partial charge in [-0.25, -0.2) is 0 Å². The predicted octanol–water partition coefficient (Wildman–Crippen LogP) is 4.16. The molecule has 1 N–H and O–H groups in total. The molecule has 2 amide bonds. The van der Waals surface area contributed by atoms with Gasteiger partial charge in [0.2, 0.25) is 5.91 Å². The molecule has 1 aromatic heterocycles. The van der Waals surface area contributed by atoms with Crippen molar-refractivity contribution in [2.24, 2.45) is 0 Å². The minimum absolute atomic E-state index is 0.132. The van der Waals surface area contributed by atoms with E-state index in [1.807, 2.05) is 0 Å². The zero-order valence-corrected chi connectivity index (χ0v) is 15.3. The number of furan rings is 1. The van der Waals surface area contributed by atoms with Gasteiger partial charge in [0, 0.05) is 29.8 Å². The number of anilines is 1. The predicted molar refractivity (Wildman–Crippen MR) is 103 cm³/mol. The molecule has 8 heteroatoms. The Bertz CT molecular complexity index is 849. The first-order chi connectivity index (χ1) is 12.0. The van der Waals surface area contributed by atoms with Crippen LogP contribution in [0.15, 0.2) is 52.0 Å².